The summed E-state index contributed by atoms with van der Waals surface area (Å²) in [5, 5.41) is 10.2. The third kappa shape index (κ3) is 3.61. The van der Waals surface area contributed by atoms with Crippen LogP contribution in [0.25, 0.3) is 11.1 Å². The average Bonchev–Trinajstić information content (AvgIpc) is 3.22. The Labute approximate surface area is 195 Å². The van der Waals surface area contributed by atoms with Crippen molar-refractivity contribution < 1.29 is 14.7 Å². The standard InChI is InChI=1S/C27H33N3O3/c1-28(2)26(32)19-9-7-17(8-10-19)20-11-12-23-22(15-20)25-21(24(16-31)29(23)3)13-14-30(25)27(33)18-5-4-6-18/h7-12,15,18,21,24-25,31H,4-6,13-14,16H2,1-3H3/t21-,24+,25-/m0/s1. The smallest absolute Gasteiger partial charge is 0.253 e. The molecule has 0 unspecified atom stereocenters. The molecule has 2 aromatic carbocycles. The molecule has 3 atom stereocenters. The van der Waals surface area contributed by atoms with Crippen LogP contribution < -0.4 is 4.90 Å². The lowest BCUT2D eigenvalue weighted by Gasteiger charge is -2.45. The highest BCUT2D eigenvalue weighted by Gasteiger charge is 2.49. The van der Waals surface area contributed by atoms with E-state index in [-0.39, 0.29) is 42.3 Å². The van der Waals surface area contributed by atoms with Gasteiger partial charge >= 0.3 is 0 Å². The van der Waals surface area contributed by atoms with Crippen LogP contribution in [0.1, 0.15) is 47.6 Å². The Morgan fingerprint density at radius 1 is 1.03 bits per heavy atom. The quantitative estimate of drug-likeness (QED) is 0.779. The average molecular weight is 448 g/mol. The summed E-state index contributed by atoms with van der Waals surface area (Å²) in [5.41, 5.74) is 5.05. The molecule has 5 rings (SSSR count). The fourth-order valence-electron chi connectivity index (χ4n) is 5.83. The van der Waals surface area contributed by atoms with Gasteiger partial charge in [0, 0.05) is 50.8 Å². The number of likely N-dealkylation sites (N-methyl/N-ethyl adjacent to an activating group) is 1. The molecule has 0 aromatic heterocycles. The molecule has 6 heteroatoms. The van der Waals surface area contributed by atoms with Gasteiger partial charge in [0.1, 0.15) is 0 Å². The molecule has 1 saturated heterocycles. The summed E-state index contributed by atoms with van der Waals surface area (Å²) in [6.07, 6.45) is 4.07. The second kappa shape index (κ2) is 8.49. The van der Waals surface area contributed by atoms with E-state index >= 15 is 0 Å². The number of nitrogens with zero attached hydrogens (tertiary/aromatic N) is 3. The fraction of sp³-hybridized carbons (Fsp3) is 0.481. The molecule has 0 bridgehead atoms. The number of carbonyl (C=O) groups is 2. The molecule has 0 radical (unpaired) electrons. The molecule has 2 aromatic rings. The fourth-order valence-corrected chi connectivity index (χ4v) is 5.83. The summed E-state index contributed by atoms with van der Waals surface area (Å²) < 4.78 is 0. The first-order chi connectivity index (χ1) is 15.9. The van der Waals surface area contributed by atoms with Crippen LogP contribution in [0.4, 0.5) is 5.69 Å². The lowest BCUT2D eigenvalue weighted by Crippen LogP contribution is -2.49. The van der Waals surface area contributed by atoms with Crippen molar-refractivity contribution >= 4 is 17.5 Å². The number of amides is 2. The highest BCUT2D eigenvalue weighted by atomic mass is 16.3. The van der Waals surface area contributed by atoms with E-state index in [9.17, 15) is 14.7 Å². The predicted octanol–water partition coefficient (Wildman–Crippen LogP) is 3.56. The predicted molar refractivity (Wildman–Crippen MR) is 129 cm³/mol. The Balaban J connectivity index is 1.52. The Hall–Kier alpha value is -2.86. The topological polar surface area (TPSA) is 64.1 Å². The molecule has 6 nitrogen and oxygen atoms in total. The van der Waals surface area contributed by atoms with Gasteiger partial charge in [-0.3, -0.25) is 9.59 Å². The summed E-state index contributed by atoms with van der Waals surface area (Å²) in [5.74, 6) is 0.678. The van der Waals surface area contributed by atoms with Gasteiger partial charge in [0.15, 0.2) is 0 Å². The highest BCUT2D eigenvalue weighted by Crippen LogP contribution is 2.50. The van der Waals surface area contributed by atoms with Gasteiger partial charge in [0.25, 0.3) is 5.91 Å². The molecule has 3 aliphatic rings. The first-order valence-electron chi connectivity index (χ1n) is 12.0. The van der Waals surface area contributed by atoms with Crippen molar-refractivity contribution in [3.05, 3.63) is 53.6 Å². The molecule has 174 valence electrons. The summed E-state index contributed by atoms with van der Waals surface area (Å²) in [4.78, 5) is 31.4. The van der Waals surface area contributed by atoms with E-state index in [4.69, 9.17) is 0 Å². The molecule has 2 heterocycles. The van der Waals surface area contributed by atoms with Gasteiger partial charge in [-0.2, -0.15) is 0 Å². The molecule has 1 saturated carbocycles. The number of benzene rings is 2. The molecule has 1 N–H and O–H groups in total. The summed E-state index contributed by atoms with van der Waals surface area (Å²) in [6.45, 7) is 0.853. The van der Waals surface area contributed by atoms with E-state index < -0.39 is 0 Å². The first kappa shape index (κ1) is 22.0. The highest BCUT2D eigenvalue weighted by molar-refractivity contribution is 5.94. The maximum Gasteiger partial charge on any atom is 0.253 e. The minimum atomic E-state index is -0.0115. The number of hydrogen-bond acceptors (Lipinski definition) is 4. The molecular weight excluding hydrogens is 414 g/mol. The number of likely N-dealkylation sites (tertiary alicyclic amines) is 1. The van der Waals surface area contributed by atoms with Crippen molar-refractivity contribution in [3.8, 4) is 11.1 Å². The molecule has 1 aliphatic carbocycles. The molecule has 2 amide bonds. The van der Waals surface area contributed by atoms with Gasteiger partial charge in [0.05, 0.1) is 18.7 Å². The van der Waals surface area contributed by atoms with Crippen molar-refractivity contribution in [2.45, 2.75) is 37.8 Å². The number of anilines is 1. The largest absolute Gasteiger partial charge is 0.394 e. The monoisotopic (exact) mass is 447 g/mol. The number of rotatable bonds is 4. The zero-order valence-corrected chi connectivity index (χ0v) is 19.7. The Morgan fingerprint density at radius 3 is 2.33 bits per heavy atom. The maximum atomic E-state index is 13.3. The van der Waals surface area contributed by atoms with Gasteiger partial charge in [-0.15, -0.1) is 0 Å². The van der Waals surface area contributed by atoms with Gasteiger partial charge in [-0.05, 0) is 60.2 Å². The van der Waals surface area contributed by atoms with E-state index in [1.165, 1.54) is 5.56 Å². The van der Waals surface area contributed by atoms with Crippen molar-refractivity contribution in [3.63, 3.8) is 0 Å². The number of aliphatic hydroxyl groups is 1. The zero-order chi connectivity index (χ0) is 23.3. The summed E-state index contributed by atoms with van der Waals surface area (Å²) in [7, 11) is 5.56. The van der Waals surface area contributed by atoms with Crippen LogP contribution in [-0.2, 0) is 4.79 Å². The zero-order valence-electron chi connectivity index (χ0n) is 19.7. The maximum absolute atomic E-state index is 13.3. The van der Waals surface area contributed by atoms with Gasteiger partial charge < -0.3 is 19.8 Å². The second-order valence-corrected chi connectivity index (χ2v) is 9.97. The molecule has 33 heavy (non-hydrogen) atoms. The van der Waals surface area contributed by atoms with Crippen molar-refractivity contribution in [2.24, 2.45) is 11.8 Å². The Bertz CT molecular complexity index is 1060. The van der Waals surface area contributed by atoms with E-state index in [0.29, 0.717) is 5.56 Å². The Morgan fingerprint density at radius 2 is 1.73 bits per heavy atom. The van der Waals surface area contributed by atoms with Crippen molar-refractivity contribution in [1.82, 2.24) is 9.80 Å². The number of hydrogen-bond donors (Lipinski definition) is 1. The molecule has 2 fully saturated rings. The lowest BCUT2D eigenvalue weighted by molar-refractivity contribution is -0.139. The summed E-state index contributed by atoms with van der Waals surface area (Å²) in [6, 6.07) is 14.2. The van der Waals surface area contributed by atoms with Crippen LogP contribution in [-0.4, -0.2) is 67.1 Å². The third-order valence-corrected chi connectivity index (χ3v) is 7.96. The van der Waals surface area contributed by atoms with Gasteiger partial charge in [-0.1, -0.05) is 24.6 Å². The summed E-state index contributed by atoms with van der Waals surface area (Å²) >= 11 is 0. The van der Waals surface area contributed by atoms with E-state index in [1.807, 2.05) is 31.3 Å². The van der Waals surface area contributed by atoms with Crippen LogP contribution in [0.2, 0.25) is 0 Å². The number of fused-ring (bicyclic) bond motifs is 3. The molecular formula is C27H33N3O3. The first-order valence-corrected chi connectivity index (χ1v) is 12.0. The van der Waals surface area contributed by atoms with Crippen LogP contribution in [0.15, 0.2) is 42.5 Å². The SMILES string of the molecule is CN(C)C(=O)c1ccc(-c2ccc3c(c2)[C@@H]2[C@@H](CCN2C(=O)C2CCC2)[C@@H](CO)N3C)cc1. The van der Waals surface area contributed by atoms with Gasteiger partial charge in [-0.25, -0.2) is 0 Å². The van der Waals surface area contributed by atoms with E-state index in [1.54, 1.807) is 19.0 Å². The van der Waals surface area contributed by atoms with Crippen LogP contribution in [0, 0.1) is 11.8 Å². The minimum Gasteiger partial charge on any atom is -0.394 e. The van der Waals surface area contributed by atoms with E-state index in [0.717, 1.165) is 49.0 Å². The van der Waals surface area contributed by atoms with Crippen LogP contribution in [0.5, 0.6) is 0 Å². The lowest BCUT2D eigenvalue weighted by atomic mass is 9.80. The van der Waals surface area contributed by atoms with Gasteiger partial charge in [0.2, 0.25) is 5.91 Å². The van der Waals surface area contributed by atoms with Crippen molar-refractivity contribution in [1.29, 1.82) is 0 Å². The third-order valence-electron chi connectivity index (χ3n) is 7.96. The number of carbonyl (C=O) groups excluding carboxylic acids is 2. The minimum absolute atomic E-state index is 0.0102. The normalized spacial score (nSPS) is 24.2. The van der Waals surface area contributed by atoms with E-state index in [2.05, 4.69) is 28.0 Å². The molecule has 0 spiro atoms. The molecule has 2 aliphatic heterocycles. The second-order valence-electron chi connectivity index (χ2n) is 9.97. The van der Waals surface area contributed by atoms with Crippen molar-refractivity contribution in [2.75, 3.05) is 39.2 Å². The number of aliphatic hydroxyl groups excluding tert-OH is 1. The van der Waals surface area contributed by atoms with Crippen LogP contribution in [0.3, 0.4) is 0 Å². The van der Waals surface area contributed by atoms with Crippen LogP contribution >= 0.6 is 0 Å². The Kier molecular flexibility index (Phi) is 5.65.